The van der Waals surface area contributed by atoms with Crippen molar-refractivity contribution in [2.75, 3.05) is 10.5 Å². The van der Waals surface area contributed by atoms with Crippen LogP contribution in [-0.2, 0) is 10.0 Å². The summed E-state index contributed by atoms with van der Waals surface area (Å²) in [6, 6.07) is 12.9. The zero-order valence-corrected chi connectivity index (χ0v) is 11.6. The molecule has 0 radical (unpaired) electrons. The summed E-state index contributed by atoms with van der Waals surface area (Å²) < 4.78 is 27.1. The highest BCUT2D eigenvalue weighted by Crippen LogP contribution is 2.21. The summed E-state index contributed by atoms with van der Waals surface area (Å²) in [5, 5.41) is 8.86. The number of hydrogen-bond donors (Lipinski definition) is 2. The lowest BCUT2D eigenvalue weighted by atomic mass is 10.2. The van der Waals surface area contributed by atoms with Crippen molar-refractivity contribution in [2.24, 2.45) is 0 Å². The predicted molar refractivity (Wildman–Crippen MR) is 77.6 cm³/mol. The van der Waals surface area contributed by atoms with E-state index in [-0.39, 0.29) is 4.90 Å². The SMILES string of the molecule is Cc1ccc(C#N)cc1S(=O)(=O)Nc1cccc(N)c1. The summed E-state index contributed by atoms with van der Waals surface area (Å²) >= 11 is 0. The van der Waals surface area contributed by atoms with Crippen LogP contribution in [0.15, 0.2) is 47.4 Å². The molecule has 0 unspecified atom stereocenters. The standard InChI is InChI=1S/C14H13N3O2S/c1-10-5-6-11(9-15)7-14(10)20(18,19)17-13-4-2-3-12(16)8-13/h2-8,17H,16H2,1H3. The van der Waals surface area contributed by atoms with Crippen LogP contribution in [0, 0.1) is 18.3 Å². The normalized spacial score (nSPS) is 10.8. The van der Waals surface area contributed by atoms with Crippen LogP contribution in [0.2, 0.25) is 0 Å². The van der Waals surface area contributed by atoms with Crippen molar-refractivity contribution in [2.45, 2.75) is 11.8 Å². The van der Waals surface area contributed by atoms with E-state index in [1.165, 1.54) is 12.1 Å². The van der Waals surface area contributed by atoms with Gasteiger partial charge in [-0.25, -0.2) is 8.42 Å². The first-order valence-corrected chi connectivity index (χ1v) is 7.30. The van der Waals surface area contributed by atoms with Gasteiger partial charge in [-0.05, 0) is 42.8 Å². The molecule has 20 heavy (non-hydrogen) atoms. The summed E-state index contributed by atoms with van der Waals surface area (Å²) in [5.41, 5.74) is 7.33. The molecule has 0 saturated heterocycles. The molecule has 2 rings (SSSR count). The maximum atomic E-state index is 12.3. The fourth-order valence-corrected chi connectivity index (χ4v) is 3.09. The molecule has 0 spiro atoms. The molecule has 102 valence electrons. The van der Waals surface area contributed by atoms with Crippen molar-refractivity contribution in [1.82, 2.24) is 0 Å². The molecule has 0 aromatic heterocycles. The smallest absolute Gasteiger partial charge is 0.262 e. The predicted octanol–water partition coefficient (Wildman–Crippen LogP) is 2.25. The maximum Gasteiger partial charge on any atom is 0.262 e. The number of aryl methyl sites for hydroxylation is 1. The van der Waals surface area contributed by atoms with Gasteiger partial charge in [-0.15, -0.1) is 0 Å². The van der Waals surface area contributed by atoms with Crippen molar-refractivity contribution >= 4 is 21.4 Å². The molecule has 0 atom stereocenters. The fourth-order valence-electron chi connectivity index (χ4n) is 1.77. The number of benzene rings is 2. The van der Waals surface area contributed by atoms with Gasteiger partial charge in [0.2, 0.25) is 0 Å². The molecule has 0 saturated carbocycles. The van der Waals surface area contributed by atoms with Gasteiger partial charge in [0.1, 0.15) is 0 Å². The Morgan fingerprint density at radius 1 is 1.20 bits per heavy atom. The lowest BCUT2D eigenvalue weighted by Gasteiger charge is -2.11. The first-order valence-electron chi connectivity index (χ1n) is 5.81. The highest BCUT2D eigenvalue weighted by atomic mass is 32.2. The number of sulfonamides is 1. The van der Waals surface area contributed by atoms with Crippen molar-refractivity contribution in [3.63, 3.8) is 0 Å². The largest absolute Gasteiger partial charge is 0.399 e. The van der Waals surface area contributed by atoms with Gasteiger partial charge >= 0.3 is 0 Å². The van der Waals surface area contributed by atoms with E-state index in [9.17, 15) is 8.42 Å². The molecule has 0 heterocycles. The third kappa shape index (κ3) is 2.90. The summed E-state index contributed by atoms with van der Waals surface area (Å²) in [6.45, 7) is 1.68. The summed E-state index contributed by atoms with van der Waals surface area (Å²) in [4.78, 5) is 0.0824. The molecule has 0 bridgehead atoms. The molecule has 5 nitrogen and oxygen atoms in total. The first kappa shape index (κ1) is 13.9. The number of anilines is 2. The Kier molecular flexibility index (Phi) is 3.63. The molecule has 0 amide bonds. The molecule has 2 aromatic rings. The summed E-state index contributed by atoms with van der Waals surface area (Å²) in [7, 11) is -3.75. The van der Waals surface area contributed by atoms with Crippen LogP contribution in [0.3, 0.4) is 0 Å². The quantitative estimate of drug-likeness (QED) is 0.846. The Hall–Kier alpha value is -2.52. The molecule has 2 aromatic carbocycles. The van der Waals surface area contributed by atoms with Crippen LogP contribution in [0.5, 0.6) is 0 Å². The number of hydrogen-bond acceptors (Lipinski definition) is 4. The summed E-state index contributed by atoms with van der Waals surface area (Å²) in [5.74, 6) is 0. The fraction of sp³-hybridized carbons (Fsp3) is 0.0714. The van der Waals surface area contributed by atoms with Crippen LogP contribution in [0.25, 0.3) is 0 Å². The van der Waals surface area contributed by atoms with E-state index in [4.69, 9.17) is 11.0 Å². The van der Waals surface area contributed by atoms with Gasteiger partial charge in [0.25, 0.3) is 10.0 Å². The van der Waals surface area contributed by atoms with E-state index in [1.807, 2.05) is 6.07 Å². The van der Waals surface area contributed by atoms with E-state index in [0.717, 1.165) is 0 Å². The van der Waals surface area contributed by atoms with Gasteiger partial charge < -0.3 is 5.73 Å². The number of rotatable bonds is 3. The van der Waals surface area contributed by atoms with Gasteiger partial charge in [-0.1, -0.05) is 12.1 Å². The molecule has 0 aliphatic rings. The topological polar surface area (TPSA) is 96.0 Å². The second kappa shape index (κ2) is 5.23. The molecular weight excluding hydrogens is 274 g/mol. The van der Waals surface area contributed by atoms with Crippen molar-refractivity contribution < 1.29 is 8.42 Å². The van der Waals surface area contributed by atoms with Crippen molar-refractivity contribution in [3.05, 3.63) is 53.6 Å². The molecular formula is C14H13N3O2S. The van der Waals surface area contributed by atoms with Gasteiger partial charge in [0.15, 0.2) is 0 Å². The van der Waals surface area contributed by atoms with Gasteiger partial charge in [-0.3, -0.25) is 4.72 Å². The minimum atomic E-state index is -3.75. The van der Waals surface area contributed by atoms with Crippen LogP contribution >= 0.6 is 0 Å². The number of nitriles is 1. The van der Waals surface area contributed by atoms with Gasteiger partial charge in [-0.2, -0.15) is 5.26 Å². The van der Waals surface area contributed by atoms with E-state index < -0.39 is 10.0 Å². The average Bonchev–Trinajstić information content (AvgIpc) is 2.38. The lowest BCUT2D eigenvalue weighted by molar-refractivity contribution is 0.600. The maximum absolute atomic E-state index is 12.3. The molecule has 0 aliphatic heterocycles. The average molecular weight is 287 g/mol. The van der Waals surface area contributed by atoms with Crippen molar-refractivity contribution in [1.29, 1.82) is 5.26 Å². The zero-order valence-electron chi connectivity index (χ0n) is 10.8. The van der Waals surface area contributed by atoms with Crippen LogP contribution in [-0.4, -0.2) is 8.42 Å². The Bertz CT molecular complexity index is 792. The Balaban J connectivity index is 2.43. The molecule has 0 aliphatic carbocycles. The Morgan fingerprint density at radius 3 is 2.60 bits per heavy atom. The minimum absolute atomic E-state index is 0.0824. The summed E-state index contributed by atoms with van der Waals surface area (Å²) in [6.07, 6.45) is 0. The zero-order chi connectivity index (χ0) is 14.8. The van der Waals surface area contributed by atoms with Crippen LogP contribution in [0.4, 0.5) is 11.4 Å². The van der Waals surface area contributed by atoms with Crippen LogP contribution < -0.4 is 10.5 Å². The number of nitrogens with one attached hydrogen (secondary N) is 1. The van der Waals surface area contributed by atoms with Crippen LogP contribution in [0.1, 0.15) is 11.1 Å². The van der Waals surface area contributed by atoms with E-state index >= 15 is 0 Å². The molecule has 6 heteroatoms. The third-order valence-corrected chi connectivity index (χ3v) is 4.27. The Labute approximate surface area is 117 Å². The van der Waals surface area contributed by atoms with E-state index in [1.54, 1.807) is 37.3 Å². The lowest BCUT2D eigenvalue weighted by Crippen LogP contribution is -2.14. The second-order valence-electron chi connectivity index (χ2n) is 4.32. The minimum Gasteiger partial charge on any atom is -0.399 e. The number of nitrogen functional groups attached to an aromatic ring is 1. The van der Waals surface area contributed by atoms with Gasteiger partial charge in [0.05, 0.1) is 22.2 Å². The van der Waals surface area contributed by atoms with Crippen molar-refractivity contribution in [3.8, 4) is 6.07 Å². The number of nitrogens with zero attached hydrogens (tertiary/aromatic N) is 1. The highest BCUT2D eigenvalue weighted by molar-refractivity contribution is 7.92. The second-order valence-corrected chi connectivity index (χ2v) is 5.97. The van der Waals surface area contributed by atoms with E-state index in [0.29, 0.717) is 22.5 Å². The molecule has 0 fully saturated rings. The van der Waals surface area contributed by atoms with Gasteiger partial charge in [0, 0.05) is 5.69 Å². The first-order chi connectivity index (χ1) is 9.42. The monoisotopic (exact) mass is 287 g/mol. The highest BCUT2D eigenvalue weighted by Gasteiger charge is 2.17. The van der Waals surface area contributed by atoms with E-state index in [2.05, 4.69) is 4.72 Å². The third-order valence-electron chi connectivity index (χ3n) is 2.75. The molecule has 3 N–H and O–H groups in total. The Morgan fingerprint density at radius 2 is 1.95 bits per heavy atom. The number of nitrogens with two attached hydrogens (primary N) is 1.